The molecule has 0 bridgehead atoms. The van der Waals surface area contributed by atoms with Gasteiger partial charge in [0.25, 0.3) is 0 Å². The number of hydrogen-bond acceptors (Lipinski definition) is 5. The highest BCUT2D eigenvalue weighted by atomic mass is 16.5. The molecule has 6 heteroatoms. The molecule has 32 heavy (non-hydrogen) atoms. The molecule has 0 aliphatic heterocycles. The summed E-state index contributed by atoms with van der Waals surface area (Å²) in [7, 11) is 6.37. The van der Waals surface area contributed by atoms with Gasteiger partial charge in [-0.05, 0) is 41.8 Å². The molecule has 0 saturated carbocycles. The molecule has 0 fully saturated rings. The number of nitrogens with one attached hydrogen (secondary N) is 1. The smallest absolute Gasteiger partial charge is 0.224 e. The van der Waals surface area contributed by atoms with E-state index < -0.39 is 0 Å². The van der Waals surface area contributed by atoms with Gasteiger partial charge in [-0.25, -0.2) is 0 Å². The van der Waals surface area contributed by atoms with Crippen LogP contribution in [0.25, 0.3) is 0 Å². The first-order valence-corrected chi connectivity index (χ1v) is 10.4. The Labute approximate surface area is 189 Å². The first-order valence-electron chi connectivity index (χ1n) is 10.4. The second kappa shape index (κ2) is 11.1. The van der Waals surface area contributed by atoms with Crippen molar-refractivity contribution in [3.63, 3.8) is 0 Å². The van der Waals surface area contributed by atoms with E-state index in [0.29, 0.717) is 30.1 Å². The Morgan fingerprint density at radius 1 is 0.750 bits per heavy atom. The van der Waals surface area contributed by atoms with Gasteiger partial charge < -0.3 is 24.3 Å². The zero-order valence-corrected chi connectivity index (χ0v) is 18.9. The predicted molar refractivity (Wildman–Crippen MR) is 125 cm³/mol. The molecule has 6 nitrogen and oxygen atoms in total. The average molecular weight is 436 g/mol. The van der Waals surface area contributed by atoms with Gasteiger partial charge in [0.15, 0.2) is 11.5 Å². The number of ether oxygens (including phenoxy) is 4. The lowest BCUT2D eigenvalue weighted by molar-refractivity contribution is -0.116. The normalized spacial score (nSPS) is 10.4. The number of carbonyl (C=O) groups is 1. The molecule has 0 aliphatic carbocycles. The van der Waals surface area contributed by atoms with Crippen molar-refractivity contribution in [1.29, 1.82) is 0 Å². The number of anilines is 1. The van der Waals surface area contributed by atoms with E-state index in [1.54, 1.807) is 28.4 Å². The van der Waals surface area contributed by atoms with E-state index in [9.17, 15) is 4.79 Å². The summed E-state index contributed by atoms with van der Waals surface area (Å²) in [6.45, 7) is 0. The Hall–Kier alpha value is -3.67. The maximum Gasteiger partial charge on any atom is 0.224 e. The van der Waals surface area contributed by atoms with Crippen molar-refractivity contribution < 1.29 is 23.7 Å². The molecule has 0 radical (unpaired) electrons. The molecule has 0 saturated heterocycles. The number of hydrogen-bond donors (Lipinski definition) is 1. The predicted octanol–water partition coefficient (Wildman–Crippen LogP) is 4.88. The van der Waals surface area contributed by atoms with E-state index >= 15 is 0 Å². The van der Waals surface area contributed by atoms with Crippen molar-refractivity contribution in [2.45, 2.75) is 19.3 Å². The van der Waals surface area contributed by atoms with Crippen molar-refractivity contribution in [2.75, 3.05) is 33.8 Å². The van der Waals surface area contributed by atoms with Crippen LogP contribution in [0.3, 0.4) is 0 Å². The van der Waals surface area contributed by atoms with Crippen LogP contribution in [0.4, 0.5) is 5.69 Å². The van der Waals surface area contributed by atoms with Gasteiger partial charge in [-0.3, -0.25) is 4.79 Å². The van der Waals surface area contributed by atoms with E-state index in [-0.39, 0.29) is 5.91 Å². The van der Waals surface area contributed by atoms with Crippen LogP contribution < -0.4 is 24.3 Å². The molecule has 3 aromatic rings. The van der Waals surface area contributed by atoms with Crippen LogP contribution in [0.5, 0.6) is 23.0 Å². The van der Waals surface area contributed by atoms with Gasteiger partial charge in [0.2, 0.25) is 11.7 Å². The minimum Gasteiger partial charge on any atom is -0.496 e. The summed E-state index contributed by atoms with van der Waals surface area (Å²) in [5.41, 5.74) is 3.80. The molecule has 1 N–H and O–H groups in total. The minimum absolute atomic E-state index is 0.0855. The molecule has 3 rings (SSSR count). The van der Waals surface area contributed by atoms with Gasteiger partial charge in [0.05, 0.1) is 28.4 Å². The number of benzene rings is 3. The van der Waals surface area contributed by atoms with Crippen LogP contribution in [-0.4, -0.2) is 34.3 Å². The van der Waals surface area contributed by atoms with Crippen LogP contribution in [0.15, 0.2) is 60.7 Å². The van der Waals surface area contributed by atoms with Gasteiger partial charge in [-0.15, -0.1) is 0 Å². The molecule has 0 spiro atoms. The van der Waals surface area contributed by atoms with Gasteiger partial charge in [0.1, 0.15) is 5.75 Å². The van der Waals surface area contributed by atoms with Crippen molar-refractivity contribution in [1.82, 2.24) is 0 Å². The third-order valence-electron chi connectivity index (χ3n) is 5.21. The summed E-state index contributed by atoms with van der Waals surface area (Å²) >= 11 is 0. The van der Waals surface area contributed by atoms with Crippen molar-refractivity contribution >= 4 is 11.6 Å². The van der Waals surface area contributed by atoms with E-state index in [0.717, 1.165) is 29.0 Å². The second-order valence-corrected chi connectivity index (χ2v) is 7.23. The standard InChI is InChI=1S/C26H29NO5/c1-29-22-14-12-21(17-20(22)16-18-8-6-5-7-9-18)27-24(28)15-11-19-10-13-23(30-2)26(32-4)25(19)31-3/h5-10,12-14,17H,11,15-16H2,1-4H3,(H,27,28). The second-order valence-electron chi connectivity index (χ2n) is 7.23. The summed E-state index contributed by atoms with van der Waals surface area (Å²) < 4.78 is 21.7. The zero-order valence-electron chi connectivity index (χ0n) is 18.9. The lowest BCUT2D eigenvalue weighted by Gasteiger charge is -2.16. The third-order valence-corrected chi connectivity index (χ3v) is 5.21. The molecule has 1 amide bonds. The zero-order chi connectivity index (χ0) is 22.9. The Morgan fingerprint density at radius 2 is 1.44 bits per heavy atom. The van der Waals surface area contributed by atoms with Gasteiger partial charge >= 0.3 is 0 Å². The highest BCUT2D eigenvalue weighted by molar-refractivity contribution is 5.91. The quantitative estimate of drug-likeness (QED) is 0.492. The first kappa shape index (κ1) is 23.0. The van der Waals surface area contributed by atoms with Gasteiger partial charge in [-0.2, -0.15) is 0 Å². The maximum atomic E-state index is 12.6. The Morgan fingerprint density at radius 3 is 2.09 bits per heavy atom. The molecule has 0 aromatic heterocycles. The fourth-order valence-corrected chi connectivity index (χ4v) is 3.64. The third kappa shape index (κ3) is 5.52. The fraction of sp³-hybridized carbons (Fsp3) is 0.269. The van der Waals surface area contributed by atoms with Gasteiger partial charge in [-0.1, -0.05) is 36.4 Å². The van der Waals surface area contributed by atoms with E-state index in [1.165, 1.54) is 5.56 Å². The molecular formula is C26H29NO5. The summed E-state index contributed by atoms with van der Waals surface area (Å²) in [5.74, 6) is 2.39. The maximum absolute atomic E-state index is 12.6. The Kier molecular flexibility index (Phi) is 7.97. The van der Waals surface area contributed by atoms with Crippen molar-refractivity contribution in [2.24, 2.45) is 0 Å². The largest absolute Gasteiger partial charge is 0.496 e. The van der Waals surface area contributed by atoms with Crippen LogP contribution in [0.1, 0.15) is 23.1 Å². The van der Waals surface area contributed by atoms with Gasteiger partial charge in [0, 0.05) is 24.1 Å². The highest BCUT2D eigenvalue weighted by Crippen LogP contribution is 2.40. The van der Waals surface area contributed by atoms with Crippen LogP contribution in [0, 0.1) is 0 Å². The van der Waals surface area contributed by atoms with Crippen molar-refractivity contribution in [3.05, 3.63) is 77.4 Å². The van der Waals surface area contributed by atoms with E-state index in [2.05, 4.69) is 17.4 Å². The fourth-order valence-electron chi connectivity index (χ4n) is 3.64. The van der Waals surface area contributed by atoms with Crippen molar-refractivity contribution in [3.8, 4) is 23.0 Å². The first-order chi connectivity index (χ1) is 15.6. The van der Waals surface area contributed by atoms with Crippen LogP contribution >= 0.6 is 0 Å². The lowest BCUT2D eigenvalue weighted by atomic mass is 10.0. The summed E-state index contributed by atoms with van der Waals surface area (Å²) in [6.07, 6.45) is 1.52. The number of methoxy groups -OCH3 is 4. The molecule has 0 unspecified atom stereocenters. The van der Waals surface area contributed by atoms with Crippen LogP contribution in [0.2, 0.25) is 0 Å². The molecule has 0 aliphatic rings. The highest BCUT2D eigenvalue weighted by Gasteiger charge is 2.17. The topological polar surface area (TPSA) is 66.0 Å². The lowest BCUT2D eigenvalue weighted by Crippen LogP contribution is -2.13. The van der Waals surface area contributed by atoms with E-state index in [4.69, 9.17) is 18.9 Å². The van der Waals surface area contributed by atoms with Crippen LogP contribution in [-0.2, 0) is 17.6 Å². The number of rotatable bonds is 10. The molecule has 0 atom stereocenters. The summed E-state index contributed by atoms with van der Waals surface area (Å²) in [4.78, 5) is 12.6. The molecular weight excluding hydrogens is 406 g/mol. The SMILES string of the molecule is COc1ccc(NC(=O)CCc2ccc(OC)c(OC)c2OC)cc1Cc1ccccc1. The number of amides is 1. The number of aryl methyl sites for hydroxylation is 1. The Balaban J connectivity index is 1.69. The Bertz CT molecular complexity index is 1050. The molecule has 0 heterocycles. The average Bonchev–Trinajstić information content (AvgIpc) is 2.82. The number of carbonyl (C=O) groups excluding carboxylic acids is 1. The molecule has 168 valence electrons. The monoisotopic (exact) mass is 435 g/mol. The molecule has 3 aromatic carbocycles. The summed E-state index contributed by atoms with van der Waals surface area (Å²) in [6, 6.07) is 19.5. The van der Waals surface area contributed by atoms with E-state index in [1.807, 2.05) is 48.5 Å². The minimum atomic E-state index is -0.0855. The summed E-state index contributed by atoms with van der Waals surface area (Å²) in [5, 5.41) is 2.99.